The Balaban J connectivity index is 4.23. The number of allylic oxidation sites excluding steroid dienone is 5. The van der Waals surface area contributed by atoms with Crippen LogP contribution in [0.4, 0.5) is 0 Å². The Morgan fingerprint density at radius 1 is 0.756 bits per heavy atom. The van der Waals surface area contributed by atoms with E-state index in [9.17, 15) is 19.4 Å². The van der Waals surface area contributed by atoms with Gasteiger partial charge in [-0.1, -0.05) is 121 Å². The van der Waals surface area contributed by atoms with Gasteiger partial charge in [-0.05, 0) is 44.9 Å². The molecule has 45 heavy (non-hydrogen) atoms. The Labute approximate surface area is 276 Å². The first-order valence-electron chi connectivity index (χ1n) is 17.9. The van der Waals surface area contributed by atoms with Gasteiger partial charge >= 0.3 is 0 Å². The van der Waals surface area contributed by atoms with Crippen LogP contribution in [0.25, 0.3) is 0 Å². The van der Waals surface area contributed by atoms with Crippen LogP contribution in [0.3, 0.4) is 0 Å². The highest BCUT2D eigenvalue weighted by Gasteiger charge is 2.23. The van der Waals surface area contributed by atoms with Gasteiger partial charge < -0.3 is 28.8 Å². The maximum absolute atomic E-state index is 12.3. The summed E-state index contributed by atoms with van der Waals surface area (Å²) in [6.07, 6.45) is 33.1. The number of phosphoric ester groups is 1. The second kappa shape index (κ2) is 28.9. The molecule has 0 radical (unpaired) electrons. The van der Waals surface area contributed by atoms with Crippen molar-refractivity contribution in [3.63, 3.8) is 0 Å². The van der Waals surface area contributed by atoms with Crippen molar-refractivity contribution < 1.29 is 32.9 Å². The molecule has 0 fully saturated rings. The molecular weight excluding hydrogens is 587 g/mol. The summed E-state index contributed by atoms with van der Waals surface area (Å²) in [4.78, 5) is 24.5. The summed E-state index contributed by atoms with van der Waals surface area (Å²) in [7, 11) is 1.22. The number of nitrogens with one attached hydrogen (secondary N) is 1. The molecule has 1 amide bonds. The average Bonchev–Trinajstić information content (AvgIpc) is 2.98. The van der Waals surface area contributed by atoms with Gasteiger partial charge in [0.05, 0.1) is 39.9 Å². The molecule has 0 heterocycles. The first kappa shape index (κ1) is 43.7. The van der Waals surface area contributed by atoms with Gasteiger partial charge in [-0.25, -0.2) is 0 Å². The number of likely N-dealkylation sites (N-methyl/N-ethyl adjacent to an activating group) is 1. The van der Waals surface area contributed by atoms with Crippen molar-refractivity contribution in [1.29, 1.82) is 0 Å². The Kier molecular flexibility index (Phi) is 28.1. The van der Waals surface area contributed by atoms with Gasteiger partial charge in [0.1, 0.15) is 13.2 Å². The van der Waals surface area contributed by atoms with Crippen molar-refractivity contribution in [3.05, 3.63) is 36.5 Å². The molecule has 8 nitrogen and oxygen atoms in total. The molecule has 3 unspecified atom stereocenters. The molecular formula is C36H69N2O6P. The molecule has 0 spiro atoms. The molecule has 0 aliphatic rings. The number of aliphatic hydroxyl groups is 1. The van der Waals surface area contributed by atoms with Crippen molar-refractivity contribution in [1.82, 2.24) is 5.32 Å². The largest absolute Gasteiger partial charge is 0.756 e. The van der Waals surface area contributed by atoms with E-state index in [0.717, 1.165) is 32.1 Å². The van der Waals surface area contributed by atoms with Gasteiger partial charge in [-0.2, -0.15) is 0 Å². The lowest BCUT2D eigenvalue weighted by Gasteiger charge is -2.29. The lowest BCUT2D eigenvalue weighted by molar-refractivity contribution is -0.870. The standard InChI is InChI=1S/C36H69N2O6P/c1-6-8-10-11-12-13-14-15-16-17-18-19-20-21-22-23-24-25-26-27-28-29-35(39)34(37-36(40)30-9-7-2)33-44-45(41,42)43-32-31-38(3,4)5/h20-21,24-25,28-29,34-35,39H,6-19,22-23,26-27,30-33H2,1-5H3,(H-,37,40,41,42)/b21-20+,25-24+,29-28+. The Morgan fingerprint density at radius 3 is 1.78 bits per heavy atom. The van der Waals surface area contributed by atoms with Gasteiger partial charge in [0, 0.05) is 6.42 Å². The van der Waals surface area contributed by atoms with E-state index in [-0.39, 0.29) is 12.5 Å². The summed E-state index contributed by atoms with van der Waals surface area (Å²) in [6.45, 7) is 4.33. The first-order valence-corrected chi connectivity index (χ1v) is 19.3. The van der Waals surface area contributed by atoms with E-state index in [1.165, 1.54) is 77.0 Å². The van der Waals surface area contributed by atoms with Crippen LogP contribution in [-0.2, 0) is 18.4 Å². The zero-order valence-electron chi connectivity index (χ0n) is 29.6. The van der Waals surface area contributed by atoms with Crippen LogP contribution in [-0.4, -0.2) is 68.5 Å². The molecule has 0 saturated carbocycles. The first-order chi connectivity index (χ1) is 21.5. The molecule has 0 aliphatic carbocycles. The molecule has 0 bridgehead atoms. The minimum Gasteiger partial charge on any atom is -0.756 e. The van der Waals surface area contributed by atoms with Gasteiger partial charge in [-0.15, -0.1) is 0 Å². The zero-order chi connectivity index (χ0) is 33.7. The van der Waals surface area contributed by atoms with Crippen LogP contribution in [0, 0.1) is 0 Å². The molecule has 0 aromatic heterocycles. The number of nitrogens with zero attached hydrogens (tertiary/aromatic N) is 1. The van der Waals surface area contributed by atoms with Crippen LogP contribution < -0.4 is 10.2 Å². The number of aliphatic hydroxyl groups excluding tert-OH is 1. The maximum Gasteiger partial charge on any atom is 0.268 e. The summed E-state index contributed by atoms with van der Waals surface area (Å²) in [5.41, 5.74) is 0. The third-order valence-corrected chi connectivity index (χ3v) is 8.54. The van der Waals surface area contributed by atoms with Crippen LogP contribution in [0.5, 0.6) is 0 Å². The third-order valence-electron chi connectivity index (χ3n) is 7.58. The van der Waals surface area contributed by atoms with Gasteiger partial charge in [0.15, 0.2) is 0 Å². The summed E-state index contributed by atoms with van der Waals surface area (Å²) in [5.74, 6) is -0.250. The van der Waals surface area contributed by atoms with E-state index in [4.69, 9.17) is 9.05 Å². The second-order valence-corrected chi connectivity index (χ2v) is 14.6. The molecule has 3 atom stereocenters. The molecule has 0 aromatic carbocycles. The maximum atomic E-state index is 12.3. The van der Waals surface area contributed by atoms with Gasteiger partial charge in [-0.3, -0.25) is 9.36 Å². The number of hydrogen-bond acceptors (Lipinski definition) is 6. The van der Waals surface area contributed by atoms with Crippen molar-refractivity contribution in [2.24, 2.45) is 0 Å². The minimum atomic E-state index is -4.57. The number of carbonyl (C=O) groups is 1. The SMILES string of the molecule is CCCCCCCCCCCCC/C=C/CC/C=C/CC/C=C/C(O)C(COP(=O)([O-])OCC[N+](C)(C)C)NC(=O)CCCC. The van der Waals surface area contributed by atoms with Gasteiger partial charge in [0.25, 0.3) is 7.82 Å². The van der Waals surface area contributed by atoms with Crippen LogP contribution in [0.1, 0.15) is 136 Å². The molecule has 2 N–H and O–H groups in total. The highest BCUT2D eigenvalue weighted by atomic mass is 31.2. The van der Waals surface area contributed by atoms with Crippen LogP contribution in [0.15, 0.2) is 36.5 Å². The summed E-state index contributed by atoms with van der Waals surface area (Å²) in [5, 5.41) is 13.4. The number of amides is 1. The number of unbranched alkanes of at least 4 members (excludes halogenated alkanes) is 14. The van der Waals surface area contributed by atoms with E-state index < -0.39 is 26.6 Å². The smallest absolute Gasteiger partial charge is 0.268 e. The lowest BCUT2D eigenvalue weighted by Crippen LogP contribution is -2.45. The van der Waals surface area contributed by atoms with E-state index in [1.54, 1.807) is 6.08 Å². The van der Waals surface area contributed by atoms with E-state index in [0.29, 0.717) is 23.9 Å². The van der Waals surface area contributed by atoms with E-state index in [1.807, 2.05) is 34.1 Å². The molecule has 0 saturated heterocycles. The van der Waals surface area contributed by atoms with Crippen molar-refractivity contribution >= 4 is 13.7 Å². The Morgan fingerprint density at radius 2 is 1.24 bits per heavy atom. The van der Waals surface area contributed by atoms with E-state index >= 15 is 0 Å². The lowest BCUT2D eigenvalue weighted by atomic mass is 10.1. The monoisotopic (exact) mass is 656 g/mol. The number of rotatable bonds is 31. The fourth-order valence-electron chi connectivity index (χ4n) is 4.63. The molecule has 264 valence electrons. The third kappa shape index (κ3) is 31.1. The van der Waals surface area contributed by atoms with Crippen molar-refractivity contribution in [2.75, 3.05) is 40.9 Å². The highest BCUT2D eigenvalue weighted by molar-refractivity contribution is 7.45. The zero-order valence-corrected chi connectivity index (χ0v) is 30.5. The highest BCUT2D eigenvalue weighted by Crippen LogP contribution is 2.38. The average molecular weight is 657 g/mol. The van der Waals surface area contributed by atoms with Gasteiger partial charge in [0.2, 0.25) is 5.91 Å². The summed E-state index contributed by atoms with van der Waals surface area (Å²) >= 11 is 0. The molecule has 9 heteroatoms. The molecule has 0 aromatic rings. The van der Waals surface area contributed by atoms with Crippen molar-refractivity contribution in [2.45, 2.75) is 148 Å². The molecule has 0 rings (SSSR count). The number of carbonyl (C=O) groups excluding carboxylic acids is 1. The Hall–Kier alpha value is -1.28. The predicted octanol–water partition coefficient (Wildman–Crippen LogP) is 8.16. The fraction of sp³-hybridized carbons (Fsp3) is 0.806. The van der Waals surface area contributed by atoms with E-state index in [2.05, 4.69) is 36.5 Å². The normalized spacial score (nSPS) is 15.3. The second-order valence-electron chi connectivity index (χ2n) is 13.2. The van der Waals surface area contributed by atoms with Crippen LogP contribution >= 0.6 is 7.82 Å². The fourth-order valence-corrected chi connectivity index (χ4v) is 5.35. The number of phosphoric acid groups is 1. The minimum absolute atomic E-state index is 0.0104. The number of hydrogen-bond donors (Lipinski definition) is 2. The quantitative estimate of drug-likeness (QED) is 0.0337. The Bertz CT molecular complexity index is 840. The topological polar surface area (TPSA) is 108 Å². The molecule has 0 aliphatic heterocycles. The summed E-state index contributed by atoms with van der Waals surface area (Å²) < 4.78 is 22.7. The predicted molar refractivity (Wildman–Crippen MR) is 187 cm³/mol. The van der Waals surface area contributed by atoms with Crippen LogP contribution in [0.2, 0.25) is 0 Å². The number of quaternary nitrogens is 1. The summed E-state index contributed by atoms with van der Waals surface area (Å²) in [6, 6.07) is -0.901. The van der Waals surface area contributed by atoms with Crippen molar-refractivity contribution in [3.8, 4) is 0 Å².